The highest BCUT2D eigenvalue weighted by atomic mass is 127. The monoisotopic (exact) mass is 518 g/mol. The van der Waals surface area contributed by atoms with Crippen molar-refractivity contribution in [2.24, 2.45) is 4.99 Å². The van der Waals surface area contributed by atoms with Gasteiger partial charge in [0.25, 0.3) is 0 Å². The third-order valence-electron chi connectivity index (χ3n) is 6.02. The number of halogens is 2. The standard InChI is InChI=1S/C21H35FN6.HI/c1-4-25-9-11-26(12-10-25)18(2)17-24-21(23-3)28-15-13-27(14-16-28)20-7-5-19(22)6-8-20;/h5-8,18H,4,9-17H2,1-3H3,(H,23,24);1H. The molecule has 0 aromatic heterocycles. The summed E-state index contributed by atoms with van der Waals surface area (Å²) in [5.74, 6) is 0.801. The number of hydrogen-bond acceptors (Lipinski definition) is 4. The first kappa shape index (κ1) is 24.1. The molecule has 0 bridgehead atoms. The first-order valence-corrected chi connectivity index (χ1v) is 10.5. The Labute approximate surface area is 192 Å². The Morgan fingerprint density at radius 3 is 2.21 bits per heavy atom. The highest BCUT2D eigenvalue weighted by Gasteiger charge is 2.23. The molecule has 3 rings (SSSR count). The van der Waals surface area contributed by atoms with Crippen LogP contribution in [-0.2, 0) is 0 Å². The van der Waals surface area contributed by atoms with Gasteiger partial charge in [0.2, 0.25) is 0 Å². The Hall–Kier alpha value is -1.13. The van der Waals surface area contributed by atoms with Crippen molar-refractivity contribution in [3.63, 3.8) is 0 Å². The van der Waals surface area contributed by atoms with Crippen molar-refractivity contribution in [2.75, 3.05) is 77.4 Å². The van der Waals surface area contributed by atoms with Gasteiger partial charge in [0.15, 0.2) is 5.96 Å². The molecule has 1 unspecified atom stereocenters. The largest absolute Gasteiger partial charge is 0.368 e. The number of rotatable bonds is 5. The fourth-order valence-electron chi connectivity index (χ4n) is 4.05. The molecule has 0 spiro atoms. The number of nitrogens with zero attached hydrogens (tertiary/aromatic N) is 5. The zero-order valence-electron chi connectivity index (χ0n) is 18.0. The topological polar surface area (TPSA) is 37.4 Å². The van der Waals surface area contributed by atoms with Gasteiger partial charge in [-0.1, -0.05) is 6.92 Å². The summed E-state index contributed by atoms with van der Waals surface area (Å²) in [4.78, 5) is 14.2. The fourth-order valence-corrected chi connectivity index (χ4v) is 4.05. The summed E-state index contributed by atoms with van der Waals surface area (Å²) >= 11 is 0. The SMILES string of the molecule is CCN1CCN(C(C)CNC(=NC)N2CCN(c3ccc(F)cc3)CC2)CC1.I. The van der Waals surface area contributed by atoms with Crippen LogP contribution in [0.2, 0.25) is 0 Å². The zero-order valence-corrected chi connectivity index (χ0v) is 20.3. The van der Waals surface area contributed by atoms with Gasteiger partial charge in [0, 0.05) is 77.7 Å². The highest BCUT2D eigenvalue weighted by molar-refractivity contribution is 14.0. The maximum absolute atomic E-state index is 13.1. The molecule has 0 amide bonds. The minimum atomic E-state index is -0.183. The van der Waals surface area contributed by atoms with Gasteiger partial charge < -0.3 is 20.0 Å². The Bertz CT molecular complexity index is 625. The van der Waals surface area contributed by atoms with Gasteiger partial charge in [0.05, 0.1) is 0 Å². The molecule has 1 atom stereocenters. The van der Waals surface area contributed by atoms with Crippen molar-refractivity contribution >= 4 is 35.6 Å². The van der Waals surface area contributed by atoms with Gasteiger partial charge >= 0.3 is 0 Å². The van der Waals surface area contributed by atoms with Gasteiger partial charge in [-0.05, 0) is 37.7 Å². The Balaban J connectivity index is 0.00000300. The average molecular weight is 518 g/mol. The summed E-state index contributed by atoms with van der Waals surface area (Å²) < 4.78 is 13.1. The van der Waals surface area contributed by atoms with Gasteiger partial charge in [0.1, 0.15) is 5.82 Å². The lowest BCUT2D eigenvalue weighted by atomic mass is 10.2. The molecule has 1 aromatic rings. The Morgan fingerprint density at radius 2 is 1.66 bits per heavy atom. The lowest BCUT2D eigenvalue weighted by Gasteiger charge is -2.39. The number of hydrogen-bond donors (Lipinski definition) is 1. The minimum Gasteiger partial charge on any atom is -0.368 e. The molecule has 2 aliphatic rings. The summed E-state index contributed by atoms with van der Waals surface area (Å²) in [5, 5.41) is 3.58. The average Bonchev–Trinajstić information content (AvgIpc) is 2.75. The number of aliphatic imine (C=N–C) groups is 1. The van der Waals surface area contributed by atoms with Crippen LogP contribution in [0.15, 0.2) is 29.3 Å². The number of nitrogens with one attached hydrogen (secondary N) is 1. The summed E-state index contributed by atoms with van der Waals surface area (Å²) in [6.07, 6.45) is 0. The van der Waals surface area contributed by atoms with Gasteiger partial charge in [-0.15, -0.1) is 24.0 Å². The van der Waals surface area contributed by atoms with E-state index in [1.54, 1.807) is 0 Å². The van der Waals surface area contributed by atoms with Crippen molar-refractivity contribution < 1.29 is 4.39 Å². The Morgan fingerprint density at radius 1 is 1.03 bits per heavy atom. The molecule has 0 aliphatic carbocycles. The van der Waals surface area contributed by atoms with Crippen LogP contribution in [0.3, 0.4) is 0 Å². The molecule has 2 aliphatic heterocycles. The van der Waals surface area contributed by atoms with Crippen molar-refractivity contribution in [2.45, 2.75) is 19.9 Å². The zero-order chi connectivity index (χ0) is 19.9. The number of benzene rings is 1. The van der Waals surface area contributed by atoms with Crippen molar-refractivity contribution in [3.05, 3.63) is 30.1 Å². The molecule has 164 valence electrons. The highest BCUT2D eigenvalue weighted by Crippen LogP contribution is 2.17. The van der Waals surface area contributed by atoms with Gasteiger partial charge in [-0.25, -0.2) is 4.39 Å². The molecule has 2 saturated heterocycles. The van der Waals surface area contributed by atoms with E-state index in [0.29, 0.717) is 6.04 Å². The second-order valence-corrected chi connectivity index (χ2v) is 7.70. The van der Waals surface area contributed by atoms with Crippen LogP contribution >= 0.6 is 24.0 Å². The second kappa shape index (κ2) is 11.9. The summed E-state index contributed by atoms with van der Waals surface area (Å²) in [5.41, 5.74) is 1.09. The fraction of sp³-hybridized carbons (Fsp3) is 0.667. The first-order valence-electron chi connectivity index (χ1n) is 10.5. The van der Waals surface area contributed by atoms with Crippen LogP contribution in [0.5, 0.6) is 0 Å². The van der Waals surface area contributed by atoms with E-state index in [9.17, 15) is 4.39 Å². The van der Waals surface area contributed by atoms with Crippen molar-refractivity contribution in [1.82, 2.24) is 20.0 Å². The quantitative estimate of drug-likeness (QED) is 0.368. The van der Waals surface area contributed by atoms with Gasteiger partial charge in [-0.2, -0.15) is 0 Å². The van der Waals surface area contributed by atoms with Crippen LogP contribution in [0.4, 0.5) is 10.1 Å². The number of piperazine rings is 2. The van der Waals surface area contributed by atoms with E-state index >= 15 is 0 Å². The molecule has 29 heavy (non-hydrogen) atoms. The van der Waals surface area contributed by atoms with E-state index in [1.807, 2.05) is 19.2 Å². The van der Waals surface area contributed by atoms with E-state index < -0.39 is 0 Å². The lowest BCUT2D eigenvalue weighted by molar-refractivity contribution is 0.107. The van der Waals surface area contributed by atoms with E-state index in [1.165, 1.54) is 25.2 Å². The Kier molecular flexibility index (Phi) is 9.91. The van der Waals surface area contributed by atoms with Crippen LogP contribution < -0.4 is 10.2 Å². The lowest BCUT2D eigenvalue weighted by Crippen LogP contribution is -2.56. The molecule has 1 aromatic carbocycles. The maximum atomic E-state index is 13.1. The third kappa shape index (κ3) is 6.68. The van der Waals surface area contributed by atoms with E-state index in [2.05, 4.69) is 43.8 Å². The third-order valence-corrected chi connectivity index (χ3v) is 6.02. The maximum Gasteiger partial charge on any atom is 0.193 e. The van der Waals surface area contributed by atoms with Crippen LogP contribution in [0, 0.1) is 5.82 Å². The number of guanidine groups is 1. The molecular formula is C21H36FIN6. The number of anilines is 1. The molecule has 8 heteroatoms. The van der Waals surface area contributed by atoms with E-state index in [0.717, 1.165) is 64.0 Å². The number of likely N-dealkylation sites (N-methyl/N-ethyl adjacent to an activating group) is 1. The van der Waals surface area contributed by atoms with E-state index in [4.69, 9.17) is 0 Å². The van der Waals surface area contributed by atoms with Crippen LogP contribution in [0.1, 0.15) is 13.8 Å². The molecule has 6 nitrogen and oxygen atoms in total. The van der Waals surface area contributed by atoms with Crippen molar-refractivity contribution in [1.29, 1.82) is 0 Å². The van der Waals surface area contributed by atoms with E-state index in [-0.39, 0.29) is 29.8 Å². The molecular weight excluding hydrogens is 482 g/mol. The summed E-state index contributed by atoms with van der Waals surface area (Å²) in [7, 11) is 1.86. The smallest absolute Gasteiger partial charge is 0.193 e. The predicted octanol–water partition coefficient (Wildman–Crippen LogP) is 2.17. The molecule has 0 saturated carbocycles. The second-order valence-electron chi connectivity index (χ2n) is 7.70. The predicted molar refractivity (Wildman–Crippen MR) is 130 cm³/mol. The van der Waals surface area contributed by atoms with Crippen LogP contribution in [0.25, 0.3) is 0 Å². The molecule has 2 fully saturated rings. The van der Waals surface area contributed by atoms with Crippen LogP contribution in [-0.4, -0.2) is 99.2 Å². The minimum absolute atomic E-state index is 0. The normalized spacial score (nSPS) is 20.3. The molecule has 2 heterocycles. The summed E-state index contributed by atoms with van der Waals surface area (Å²) in [6.45, 7) is 14.9. The molecule has 1 N–H and O–H groups in total. The molecule has 0 radical (unpaired) electrons. The van der Waals surface area contributed by atoms with Gasteiger partial charge in [-0.3, -0.25) is 9.89 Å². The summed E-state index contributed by atoms with van der Waals surface area (Å²) in [6, 6.07) is 7.28. The first-order chi connectivity index (χ1) is 13.6. The van der Waals surface area contributed by atoms with Crippen molar-refractivity contribution in [3.8, 4) is 0 Å².